The average molecular weight is 219 g/mol. The lowest BCUT2D eigenvalue weighted by molar-refractivity contribution is 0.726. The Kier molecular flexibility index (Phi) is 3.08. The maximum absolute atomic E-state index is 5.72. The topological polar surface area (TPSA) is 51.8 Å². The van der Waals surface area contributed by atoms with Crippen LogP contribution in [0.5, 0.6) is 0 Å². The van der Waals surface area contributed by atoms with Crippen LogP contribution in [0.1, 0.15) is 12.6 Å². The van der Waals surface area contributed by atoms with Gasteiger partial charge in [0, 0.05) is 24.0 Å². The Hall–Kier alpha value is -1.26. The predicted molar refractivity (Wildman–Crippen MR) is 62.7 cm³/mol. The van der Waals surface area contributed by atoms with Crippen LogP contribution in [0.4, 0.5) is 0 Å². The molecule has 0 spiro atoms. The van der Waals surface area contributed by atoms with Crippen molar-refractivity contribution in [3.8, 4) is 10.7 Å². The predicted octanol–water partition coefficient (Wildman–Crippen LogP) is 2.09. The van der Waals surface area contributed by atoms with E-state index in [2.05, 4.69) is 9.97 Å². The highest BCUT2D eigenvalue weighted by molar-refractivity contribution is 7.13. The van der Waals surface area contributed by atoms with E-state index in [1.165, 1.54) is 0 Å². The third kappa shape index (κ3) is 2.61. The molecule has 3 nitrogen and oxygen atoms in total. The zero-order valence-corrected chi connectivity index (χ0v) is 9.37. The first-order chi connectivity index (χ1) is 7.25. The van der Waals surface area contributed by atoms with E-state index in [-0.39, 0.29) is 6.04 Å². The van der Waals surface area contributed by atoms with E-state index in [0.717, 1.165) is 22.8 Å². The highest BCUT2D eigenvalue weighted by Crippen LogP contribution is 2.21. The zero-order chi connectivity index (χ0) is 10.7. The number of nitrogens with two attached hydrogens (primary N) is 1. The normalized spacial score (nSPS) is 12.7. The van der Waals surface area contributed by atoms with Gasteiger partial charge in [0.1, 0.15) is 5.01 Å². The molecule has 2 rings (SSSR count). The first-order valence-electron chi connectivity index (χ1n) is 4.87. The van der Waals surface area contributed by atoms with Crippen molar-refractivity contribution in [3.63, 3.8) is 0 Å². The van der Waals surface area contributed by atoms with Gasteiger partial charge in [-0.25, -0.2) is 4.98 Å². The molecule has 78 valence electrons. The van der Waals surface area contributed by atoms with E-state index >= 15 is 0 Å². The van der Waals surface area contributed by atoms with Crippen molar-refractivity contribution in [1.82, 2.24) is 9.97 Å². The Balaban J connectivity index is 2.21. The summed E-state index contributed by atoms with van der Waals surface area (Å²) in [5.74, 6) is 0. The third-order valence-electron chi connectivity index (χ3n) is 1.97. The largest absolute Gasteiger partial charge is 0.328 e. The number of hydrogen-bond donors (Lipinski definition) is 1. The molecule has 0 bridgehead atoms. The van der Waals surface area contributed by atoms with Crippen molar-refractivity contribution >= 4 is 11.3 Å². The quantitative estimate of drug-likeness (QED) is 0.860. The first kappa shape index (κ1) is 10.3. The fourth-order valence-electron chi connectivity index (χ4n) is 1.34. The summed E-state index contributed by atoms with van der Waals surface area (Å²) in [4.78, 5) is 8.75. The summed E-state index contributed by atoms with van der Waals surface area (Å²) in [6.07, 6.45) is 2.60. The summed E-state index contributed by atoms with van der Waals surface area (Å²) >= 11 is 1.62. The summed E-state index contributed by atoms with van der Waals surface area (Å²) in [6, 6.07) is 5.99. The van der Waals surface area contributed by atoms with Crippen LogP contribution < -0.4 is 5.73 Å². The van der Waals surface area contributed by atoms with Gasteiger partial charge in [0.25, 0.3) is 0 Å². The smallest absolute Gasteiger partial charge is 0.142 e. The molecule has 4 heteroatoms. The average Bonchev–Trinajstić information content (AvgIpc) is 2.67. The lowest BCUT2D eigenvalue weighted by Crippen LogP contribution is -2.17. The molecule has 1 unspecified atom stereocenters. The Morgan fingerprint density at radius 3 is 3.00 bits per heavy atom. The van der Waals surface area contributed by atoms with Gasteiger partial charge in [-0.15, -0.1) is 11.3 Å². The molecule has 1 atom stereocenters. The number of nitrogens with zero attached hydrogens (tertiary/aromatic N) is 2. The molecule has 0 aliphatic heterocycles. The van der Waals surface area contributed by atoms with Crippen molar-refractivity contribution in [3.05, 3.63) is 35.5 Å². The first-order valence-corrected chi connectivity index (χ1v) is 5.75. The minimum absolute atomic E-state index is 0.156. The second-order valence-corrected chi connectivity index (χ2v) is 4.40. The third-order valence-corrected chi connectivity index (χ3v) is 2.88. The molecular formula is C11H13N3S. The van der Waals surface area contributed by atoms with E-state index in [1.54, 1.807) is 17.5 Å². The van der Waals surface area contributed by atoms with Crippen molar-refractivity contribution in [2.75, 3.05) is 0 Å². The Morgan fingerprint density at radius 1 is 1.47 bits per heavy atom. The standard InChI is InChI=1S/C11H13N3S/c1-8(12)6-9-7-15-11(14-9)10-4-2-3-5-13-10/h2-5,7-8H,6,12H2,1H3. The van der Waals surface area contributed by atoms with Gasteiger partial charge in [0.05, 0.1) is 11.4 Å². The van der Waals surface area contributed by atoms with Gasteiger partial charge in [-0.2, -0.15) is 0 Å². The number of pyridine rings is 1. The molecule has 0 aliphatic rings. The molecule has 2 aromatic rings. The SMILES string of the molecule is CC(N)Cc1csc(-c2ccccn2)n1. The van der Waals surface area contributed by atoms with Crippen LogP contribution in [-0.2, 0) is 6.42 Å². The molecule has 0 amide bonds. The fraction of sp³-hybridized carbons (Fsp3) is 0.273. The van der Waals surface area contributed by atoms with Crippen molar-refractivity contribution in [2.45, 2.75) is 19.4 Å². The van der Waals surface area contributed by atoms with Crippen LogP contribution in [0.3, 0.4) is 0 Å². The van der Waals surface area contributed by atoms with Gasteiger partial charge in [-0.3, -0.25) is 4.98 Å². The van der Waals surface area contributed by atoms with Gasteiger partial charge in [0.15, 0.2) is 0 Å². The number of hydrogen-bond acceptors (Lipinski definition) is 4. The van der Waals surface area contributed by atoms with Crippen LogP contribution in [0, 0.1) is 0 Å². The van der Waals surface area contributed by atoms with Crippen LogP contribution in [0.2, 0.25) is 0 Å². The van der Waals surface area contributed by atoms with E-state index in [9.17, 15) is 0 Å². The maximum Gasteiger partial charge on any atom is 0.142 e. The summed E-state index contributed by atoms with van der Waals surface area (Å²) in [6.45, 7) is 1.99. The molecule has 0 radical (unpaired) electrons. The Bertz CT molecular complexity index is 422. The van der Waals surface area contributed by atoms with Gasteiger partial charge in [-0.1, -0.05) is 6.07 Å². The molecule has 0 aliphatic carbocycles. The van der Waals surface area contributed by atoms with Crippen LogP contribution in [0.25, 0.3) is 10.7 Å². The second-order valence-electron chi connectivity index (χ2n) is 3.54. The Morgan fingerprint density at radius 2 is 2.33 bits per heavy atom. The van der Waals surface area contributed by atoms with E-state index < -0.39 is 0 Å². The van der Waals surface area contributed by atoms with Crippen molar-refractivity contribution in [1.29, 1.82) is 0 Å². The maximum atomic E-state index is 5.72. The zero-order valence-electron chi connectivity index (χ0n) is 8.55. The molecule has 0 saturated heterocycles. The minimum atomic E-state index is 0.156. The molecule has 2 aromatic heterocycles. The second kappa shape index (κ2) is 4.51. The van der Waals surface area contributed by atoms with Gasteiger partial charge >= 0.3 is 0 Å². The van der Waals surface area contributed by atoms with Crippen molar-refractivity contribution in [2.24, 2.45) is 5.73 Å². The summed E-state index contributed by atoms with van der Waals surface area (Å²) in [5.41, 5.74) is 7.70. The van der Waals surface area contributed by atoms with E-state index in [0.29, 0.717) is 0 Å². The fourth-order valence-corrected chi connectivity index (χ4v) is 2.15. The van der Waals surface area contributed by atoms with Gasteiger partial charge < -0.3 is 5.73 Å². The molecule has 0 saturated carbocycles. The van der Waals surface area contributed by atoms with Crippen LogP contribution >= 0.6 is 11.3 Å². The summed E-state index contributed by atoms with van der Waals surface area (Å²) < 4.78 is 0. The van der Waals surface area contributed by atoms with Crippen molar-refractivity contribution < 1.29 is 0 Å². The molecule has 0 aromatic carbocycles. The van der Waals surface area contributed by atoms with Gasteiger partial charge in [0.2, 0.25) is 0 Å². The lowest BCUT2D eigenvalue weighted by Gasteiger charge is -1.99. The van der Waals surface area contributed by atoms with Gasteiger partial charge in [-0.05, 0) is 19.1 Å². The number of rotatable bonds is 3. The molecule has 2 N–H and O–H groups in total. The highest BCUT2D eigenvalue weighted by Gasteiger charge is 2.06. The minimum Gasteiger partial charge on any atom is -0.328 e. The summed E-state index contributed by atoms with van der Waals surface area (Å²) in [7, 11) is 0. The van der Waals surface area contributed by atoms with Crippen LogP contribution in [0.15, 0.2) is 29.8 Å². The van der Waals surface area contributed by atoms with E-state index in [1.807, 2.05) is 30.5 Å². The summed E-state index contributed by atoms with van der Waals surface area (Å²) in [5, 5.41) is 3.01. The monoisotopic (exact) mass is 219 g/mol. The highest BCUT2D eigenvalue weighted by atomic mass is 32.1. The Labute approximate surface area is 93.0 Å². The molecule has 0 fully saturated rings. The lowest BCUT2D eigenvalue weighted by atomic mass is 10.2. The van der Waals surface area contributed by atoms with E-state index in [4.69, 9.17) is 5.73 Å². The molecule has 15 heavy (non-hydrogen) atoms. The molecule has 2 heterocycles. The number of aromatic nitrogens is 2. The van der Waals surface area contributed by atoms with Crippen LogP contribution in [-0.4, -0.2) is 16.0 Å². The molecular weight excluding hydrogens is 206 g/mol. The number of thiazole rings is 1.